The van der Waals surface area contributed by atoms with E-state index in [1.165, 1.54) is 23.9 Å². The van der Waals surface area contributed by atoms with Crippen molar-refractivity contribution in [3.05, 3.63) is 48.0 Å². The fourth-order valence-electron chi connectivity index (χ4n) is 4.08. The number of anilines is 2. The Balaban J connectivity index is 0.000000623. The number of piperazine rings is 1. The van der Waals surface area contributed by atoms with Gasteiger partial charge in [0.15, 0.2) is 0 Å². The standard InChI is InChI=1S/C22H26F3N3OS.C3H6O2/c23-22(24,25)17-6-7-21-19(16-17)28(18-4-1-2-5-20(18)30-21)9-3-8-26-10-12-27(13-11-26)14-15-29;1-2-3(4)5/h1-2,4-7,16,29H,3,8-15H2;2H2,1H3,(H,4,5). The molecule has 0 radical (unpaired) electrons. The first-order valence-electron chi connectivity index (χ1n) is 11.8. The number of aliphatic hydroxyl groups excluding tert-OH is 1. The van der Waals surface area contributed by atoms with Crippen LogP contribution in [0.5, 0.6) is 0 Å². The van der Waals surface area contributed by atoms with Gasteiger partial charge < -0.3 is 20.0 Å². The summed E-state index contributed by atoms with van der Waals surface area (Å²) in [4.78, 5) is 18.0. The van der Waals surface area contributed by atoms with E-state index in [1.54, 1.807) is 13.0 Å². The lowest BCUT2D eigenvalue weighted by atomic mass is 10.1. The number of carboxylic acid groups (broad SMARTS) is 1. The molecule has 192 valence electrons. The molecule has 2 heterocycles. The number of aliphatic hydroxyl groups is 1. The second-order valence-corrected chi connectivity index (χ2v) is 9.49. The smallest absolute Gasteiger partial charge is 0.416 e. The summed E-state index contributed by atoms with van der Waals surface area (Å²) in [5, 5.41) is 16.8. The van der Waals surface area contributed by atoms with Crippen molar-refractivity contribution in [1.29, 1.82) is 0 Å². The van der Waals surface area contributed by atoms with Gasteiger partial charge >= 0.3 is 12.1 Å². The van der Waals surface area contributed by atoms with Crippen molar-refractivity contribution in [2.45, 2.75) is 35.7 Å². The average Bonchev–Trinajstić information content (AvgIpc) is 2.84. The van der Waals surface area contributed by atoms with Gasteiger partial charge in [-0.15, -0.1) is 0 Å². The van der Waals surface area contributed by atoms with Crippen molar-refractivity contribution in [1.82, 2.24) is 9.80 Å². The van der Waals surface area contributed by atoms with Gasteiger partial charge in [0.25, 0.3) is 0 Å². The summed E-state index contributed by atoms with van der Waals surface area (Å²) in [5.74, 6) is -0.745. The second-order valence-electron chi connectivity index (χ2n) is 8.41. The fourth-order valence-corrected chi connectivity index (χ4v) is 5.15. The monoisotopic (exact) mass is 511 g/mol. The highest BCUT2D eigenvalue weighted by atomic mass is 32.2. The molecule has 0 amide bonds. The molecule has 6 nitrogen and oxygen atoms in total. The topological polar surface area (TPSA) is 67.2 Å². The average molecular weight is 512 g/mol. The van der Waals surface area contributed by atoms with Crippen molar-refractivity contribution >= 4 is 29.1 Å². The summed E-state index contributed by atoms with van der Waals surface area (Å²) >= 11 is 1.53. The van der Waals surface area contributed by atoms with E-state index in [4.69, 9.17) is 10.2 Å². The number of carboxylic acids is 1. The molecule has 0 aromatic heterocycles. The van der Waals surface area contributed by atoms with Crippen molar-refractivity contribution in [2.75, 3.05) is 57.3 Å². The Bertz CT molecular complexity index is 982. The normalized spacial score (nSPS) is 16.2. The first-order valence-corrected chi connectivity index (χ1v) is 12.6. The quantitative estimate of drug-likeness (QED) is 0.554. The molecule has 1 fully saturated rings. The van der Waals surface area contributed by atoms with Gasteiger partial charge in [-0.25, -0.2) is 0 Å². The number of hydrogen-bond donors (Lipinski definition) is 2. The number of alkyl halides is 3. The largest absolute Gasteiger partial charge is 0.481 e. The highest BCUT2D eigenvalue weighted by molar-refractivity contribution is 7.99. The molecule has 1 saturated heterocycles. The summed E-state index contributed by atoms with van der Waals surface area (Å²) < 4.78 is 39.9. The minimum Gasteiger partial charge on any atom is -0.481 e. The number of nitrogens with zero attached hydrogens (tertiary/aromatic N) is 3. The van der Waals surface area contributed by atoms with Gasteiger partial charge in [-0.2, -0.15) is 13.2 Å². The number of fused-ring (bicyclic) bond motifs is 2. The number of rotatable bonds is 7. The third kappa shape index (κ3) is 7.60. The number of halogens is 3. The number of para-hydroxylation sites is 1. The lowest BCUT2D eigenvalue weighted by Gasteiger charge is -2.36. The van der Waals surface area contributed by atoms with Crippen LogP contribution in [0.2, 0.25) is 0 Å². The highest BCUT2D eigenvalue weighted by Crippen LogP contribution is 2.49. The maximum atomic E-state index is 13.3. The summed E-state index contributed by atoms with van der Waals surface area (Å²) in [7, 11) is 0. The van der Waals surface area contributed by atoms with Crippen LogP contribution in [0.3, 0.4) is 0 Å². The molecule has 0 bridgehead atoms. The van der Waals surface area contributed by atoms with Gasteiger partial charge in [-0.05, 0) is 43.3 Å². The number of benzene rings is 2. The van der Waals surface area contributed by atoms with Crippen LogP contribution >= 0.6 is 11.8 Å². The van der Waals surface area contributed by atoms with Crippen LogP contribution in [0.1, 0.15) is 25.3 Å². The summed E-state index contributed by atoms with van der Waals surface area (Å²) in [6, 6.07) is 11.9. The SMILES string of the molecule is CCC(=O)O.OCCN1CCN(CCCN2c3ccccc3Sc3ccc(C(F)(F)F)cc32)CC1. The van der Waals surface area contributed by atoms with E-state index in [0.29, 0.717) is 18.8 Å². The molecule has 0 spiro atoms. The summed E-state index contributed by atoms with van der Waals surface area (Å²) in [6.45, 7) is 7.89. The lowest BCUT2D eigenvalue weighted by molar-refractivity contribution is -0.138. The maximum absolute atomic E-state index is 13.3. The summed E-state index contributed by atoms with van der Waals surface area (Å²) in [5.41, 5.74) is 1.01. The summed E-state index contributed by atoms with van der Waals surface area (Å²) in [6.07, 6.45) is -3.26. The highest BCUT2D eigenvalue weighted by Gasteiger charge is 2.33. The first-order chi connectivity index (χ1) is 16.7. The predicted octanol–water partition coefficient (Wildman–Crippen LogP) is 4.79. The van der Waals surface area contributed by atoms with Crippen molar-refractivity contribution in [3.8, 4) is 0 Å². The predicted molar refractivity (Wildman–Crippen MR) is 132 cm³/mol. The molecule has 35 heavy (non-hydrogen) atoms. The zero-order valence-corrected chi connectivity index (χ0v) is 20.6. The molecule has 2 N–H and O–H groups in total. The van der Waals surface area contributed by atoms with Gasteiger partial charge in [0, 0.05) is 55.5 Å². The van der Waals surface area contributed by atoms with Crippen molar-refractivity contribution in [2.24, 2.45) is 0 Å². The molecule has 2 aliphatic heterocycles. The van der Waals surface area contributed by atoms with Crippen LogP contribution in [0.15, 0.2) is 52.3 Å². The van der Waals surface area contributed by atoms with E-state index >= 15 is 0 Å². The Hall–Kier alpha value is -2.27. The second kappa shape index (κ2) is 12.6. The van der Waals surface area contributed by atoms with Crippen LogP contribution in [0.25, 0.3) is 0 Å². The molecule has 0 saturated carbocycles. The molecule has 10 heteroatoms. The van der Waals surface area contributed by atoms with Gasteiger partial charge in [0.2, 0.25) is 0 Å². The van der Waals surface area contributed by atoms with E-state index in [0.717, 1.165) is 54.6 Å². The molecule has 2 aliphatic rings. The van der Waals surface area contributed by atoms with Gasteiger partial charge in [0.1, 0.15) is 0 Å². The van der Waals surface area contributed by atoms with Crippen LogP contribution in [-0.4, -0.2) is 78.4 Å². The zero-order valence-electron chi connectivity index (χ0n) is 19.8. The van der Waals surface area contributed by atoms with E-state index in [1.807, 2.05) is 29.2 Å². The van der Waals surface area contributed by atoms with Gasteiger partial charge in [0.05, 0.1) is 23.5 Å². The molecular formula is C25H32F3N3O3S. The van der Waals surface area contributed by atoms with Crippen LogP contribution in [-0.2, 0) is 11.0 Å². The number of carbonyl (C=O) groups is 1. The third-order valence-electron chi connectivity index (χ3n) is 5.99. The number of aliphatic carboxylic acids is 1. The molecule has 0 aliphatic carbocycles. The van der Waals surface area contributed by atoms with Crippen LogP contribution in [0.4, 0.5) is 24.5 Å². The Kier molecular flexibility index (Phi) is 9.85. The minimum atomic E-state index is -4.35. The third-order valence-corrected chi connectivity index (χ3v) is 7.12. The Morgan fingerprint density at radius 3 is 2.14 bits per heavy atom. The van der Waals surface area contributed by atoms with Crippen molar-refractivity contribution < 1.29 is 28.2 Å². The molecule has 0 unspecified atom stereocenters. The molecule has 4 rings (SSSR count). The van der Waals surface area contributed by atoms with Crippen LogP contribution in [0, 0.1) is 0 Å². The Morgan fingerprint density at radius 1 is 0.943 bits per heavy atom. The fraction of sp³-hybridized carbons (Fsp3) is 0.480. The molecule has 2 aromatic carbocycles. The van der Waals surface area contributed by atoms with Gasteiger partial charge in [-0.3, -0.25) is 9.69 Å². The van der Waals surface area contributed by atoms with Gasteiger partial charge in [-0.1, -0.05) is 30.8 Å². The van der Waals surface area contributed by atoms with E-state index < -0.39 is 17.7 Å². The van der Waals surface area contributed by atoms with E-state index in [9.17, 15) is 18.0 Å². The number of hydrogen-bond acceptors (Lipinski definition) is 6. The van der Waals surface area contributed by atoms with E-state index in [-0.39, 0.29) is 13.0 Å². The maximum Gasteiger partial charge on any atom is 0.416 e. The number of β-amino-alcohol motifs (C(OH)–C–C–N with tert-alkyl or cyclic N) is 1. The lowest BCUT2D eigenvalue weighted by Crippen LogP contribution is -2.47. The first kappa shape index (κ1) is 27.3. The van der Waals surface area contributed by atoms with Crippen LogP contribution < -0.4 is 4.90 Å². The molecular weight excluding hydrogens is 479 g/mol. The Labute approximate surface area is 208 Å². The van der Waals surface area contributed by atoms with E-state index in [2.05, 4.69) is 9.80 Å². The minimum absolute atomic E-state index is 0.186. The zero-order chi connectivity index (χ0) is 25.4. The Morgan fingerprint density at radius 2 is 1.54 bits per heavy atom. The molecule has 0 atom stereocenters. The van der Waals surface area contributed by atoms with Crippen molar-refractivity contribution in [3.63, 3.8) is 0 Å². The molecule has 2 aromatic rings.